The molecule has 1 amide bonds. The summed E-state index contributed by atoms with van der Waals surface area (Å²) in [6.45, 7) is 9.83. The smallest absolute Gasteiger partial charge is 0.255 e. The van der Waals surface area contributed by atoms with Gasteiger partial charge in [0, 0.05) is 38.3 Å². The van der Waals surface area contributed by atoms with Crippen LogP contribution in [-0.2, 0) is 11.3 Å². The second kappa shape index (κ2) is 12.2. The Morgan fingerprint density at radius 1 is 1.23 bits per heavy atom. The summed E-state index contributed by atoms with van der Waals surface area (Å²) in [6, 6.07) is 16.1. The van der Waals surface area contributed by atoms with Crippen molar-refractivity contribution in [2.75, 3.05) is 33.0 Å². The highest BCUT2D eigenvalue weighted by Crippen LogP contribution is 2.37. The molecule has 1 N–H and O–H groups in total. The number of carbonyl (C=O) groups is 1. The summed E-state index contributed by atoms with van der Waals surface area (Å²) in [5.74, 6) is 1.20. The molecule has 2 heterocycles. The quantitative estimate of drug-likeness (QED) is 0.596. The third kappa shape index (κ3) is 6.98. The van der Waals surface area contributed by atoms with E-state index < -0.39 is 0 Å². The highest BCUT2D eigenvalue weighted by Gasteiger charge is 2.43. The minimum atomic E-state index is -0.269. The lowest BCUT2D eigenvalue weighted by atomic mass is 9.80. The molecule has 2 atom stereocenters. The zero-order valence-electron chi connectivity index (χ0n) is 21.1. The number of nitrogens with zero attached hydrogens (tertiary/aromatic N) is 2. The Balaban J connectivity index is 0.00000342. The van der Waals surface area contributed by atoms with Gasteiger partial charge in [-0.05, 0) is 75.3 Å². The third-order valence-electron chi connectivity index (χ3n) is 6.91. The summed E-state index contributed by atoms with van der Waals surface area (Å²) in [5, 5.41) is 9.59. The van der Waals surface area contributed by atoms with Gasteiger partial charge in [-0.15, -0.1) is 12.4 Å². The molecule has 0 aromatic heterocycles. The van der Waals surface area contributed by atoms with Crippen molar-refractivity contribution < 1.29 is 19.4 Å². The molecule has 2 fully saturated rings. The normalized spacial score (nSPS) is 22.8. The zero-order chi connectivity index (χ0) is 24.1. The number of halogens is 1. The van der Waals surface area contributed by atoms with Crippen LogP contribution in [0.1, 0.15) is 54.6 Å². The van der Waals surface area contributed by atoms with E-state index in [1.165, 1.54) is 5.56 Å². The van der Waals surface area contributed by atoms with Crippen LogP contribution in [0.3, 0.4) is 0 Å². The average Bonchev–Trinajstić information content (AvgIpc) is 2.81. The highest BCUT2D eigenvalue weighted by atomic mass is 35.5. The zero-order valence-corrected chi connectivity index (χ0v) is 21.9. The van der Waals surface area contributed by atoms with E-state index in [2.05, 4.69) is 29.2 Å². The number of hydrogen-bond donors (Lipinski definition) is 1. The molecule has 0 aliphatic carbocycles. The van der Waals surface area contributed by atoms with Crippen molar-refractivity contribution in [3.63, 3.8) is 0 Å². The molecule has 2 saturated heterocycles. The predicted octanol–water partition coefficient (Wildman–Crippen LogP) is 4.67. The number of likely N-dealkylation sites (tertiary alicyclic amines) is 1. The number of aliphatic hydroxyl groups is 1. The average molecular weight is 503 g/mol. The van der Waals surface area contributed by atoms with Crippen molar-refractivity contribution in [3.8, 4) is 5.75 Å². The summed E-state index contributed by atoms with van der Waals surface area (Å²) < 4.78 is 12.3. The fourth-order valence-corrected chi connectivity index (χ4v) is 5.32. The molecule has 6 nitrogen and oxygen atoms in total. The molecule has 2 unspecified atom stereocenters. The monoisotopic (exact) mass is 502 g/mol. The molecule has 35 heavy (non-hydrogen) atoms. The van der Waals surface area contributed by atoms with Crippen molar-refractivity contribution in [3.05, 3.63) is 65.2 Å². The van der Waals surface area contributed by atoms with E-state index in [0.29, 0.717) is 24.8 Å². The van der Waals surface area contributed by atoms with Gasteiger partial charge in [-0.25, -0.2) is 0 Å². The Morgan fingerprint density at radius 2 is 2.00 bits per heavy atom. The number of hydrogen-bond acceptors (Lipinski definition) is 5. The standard InChI is InChI=1S/C28H38N2O4.ClH/c1-21(2)34-26-10-9-25(15-22(26)3)27(32)30-13-12-28(33-20-30)16-24(11-14-31)18-29(19-28)17-23-7-5-4-6-8-23;/h4-10,15,21,24,31H,11-14,16-20H2,1-3H3;1H. The molecule has 1 spiro atoms. The van der Waals surface area contributed by atoms with Gasteiger partial charge >= 0.3 is 0 Å². The fourth-order valence-electron chi connectivity index (χ4n) is 5.32. The second-order valence-electron chi connectivity index (χ2n) is 10.2. The number of aliphatic hydroxyl groups excluding tert-OH is 1. The lowest BCUT2D eigenvalue weighted by Gasteiger charge is -2.50. The molecule has 0 saturated carbocycles. The SMILES string of the molecule is Cc1cc(C(=O)N2CCC3(CC(CCO)CN(Cc4ccccc4)C3)OC2)ccc1OC(C)C.Cl. The van der Waals surface area contributed by atoms with Gasteiger partial charge in [0.2, 0.25) is 0 Å². The van der Waals surface area contributed by atoms with Crippen LogP contribution >= 0.6 is 12.4 Å². The van der Waals surface area contributed by atoms with E-state index in [1.807, 2.05) is 45.0 Å². The van der Waals surface area contributed by atoms with Crippen LogP contribution in [0, 0.1) is 12.8 Å². The summed E-state index contributed by atoms with van der Waals surface area (Å²) >= 11 is 0. The third-order valence-corrected chi connectivity index (χ3v) is 6.91. The highest BCUT2D eigenvalue weighted by molar-refractivity contribution is 5.94. The molecule has 4 rings (SSSR count). The Hall–Kier alpha value is -2.12. The Labute approximate surface area is 215 Å². The maximum absolute atomic E-state index is 13.2. The van der Waals surface area contributed by atoms with Gasteiger partial charge in [-0.2, -0.15) is 0 Å². The summed E-state index contributed by atoms with van der Waals surface area (Å²) in [7, 11) is 0. The van der Waals surface area contributed by atoms with Crippen molar-refractivity contribution in [2.24, 2.45) is 5.92 Å². The number of ether oxygens (including phenoxy) is 2. The van der Waals surface area contributed by atoms with Crippen LogP contribution in [0.5, 0.6) is 5.75 Å². The molecule has 0 radical (unpaired) electrons. The summed E-state index contributed by atoms with van der Waals surface area (Å²) in [4.78, 5) is 17.4. The van der Waals surface area contributed by atoms with E-state index in [-0.39, 0.29) is 36.6 Å². The van der Waals surface area contributed by atoms with E-state index in [0.717, 1.165) is 50.2 Å². The molecule has 2 aromatic carbocycles. The molecule has 2 aromatic rings. The van der Waals surface area contributed by atoms with Gasteiger partial charge in [0.15, 0.2) is 0 Å². The minimum absolute atomic E-state index is 0. The van der Waals surface area contributed by atoms with Gasteiger partial charge in [-0.1, -0.05) is 30.3 Å². The molecule has 7 heteroatoms. The largest absolute Gasteiger partial charge is 0.491 e. The Kier molecular flexibility index (Phi) is 9.59. The predicted molar refractivity (Wildman–Crippen MR) is 140 cm³/mol. The van der Waals surface area contributed by atoms with Crippen LogP contribution in [0.4, 0.5) is 0 Å². The first-order chi connectivity index (χ1) is 16.4. The summed E-state index contributed by atoms with van der Waals surface area (Å²) in [6.07, 6.45) is 2.61. The van der Waals surface area contributed by atoms with Gasteiger partial charge in [0.25, 0.3) is 5.91 Å². The maximum Gasteiger partial charge on any atom is 0.255 e. The second-order valence-corrected chi connectivity index (χ2v) is 10.2. The van der Waals surface area contributed by atoms with Crippen molar-refractivity contribution in [1.29, 1.82) is 0 Å². The van der Waals surface area contributed by atoms with Gasteiger partial charge in [-0.3, -0.25) is 9.69 Å². The van der Waals surface area contributed by atoms with Gasteiger partial charge in [0.05, 0.1) is 11.7 Å². The lowest BCUT2D eigenvalue weighted by Crippen LogP contribution is -2.58. The van der Waals surface area contributed by atoms with E-state index in [1.54, 1.807) is 4.90 Å². The van der Waals surface area contributed by atoms with Crippen LogP contribution in [0.25, 0.3) is 0 Å². The van der Waals surface area contributed by atoms with Crippen LogP contribution in [0.2, 0.25) is 0 Å². The molecular weight excluding hydrogens is 464 g/mol. The molecular formula is C28H39ClN2O4. The van der Waals surface area contributed by atoms with E-state index in [4.69, 9.17) is 9.47 Å². The number of rotatable bonds is 7. The van der Waals surface area contributed by atoms with E-state index in [9.17, 15) is 9.90 Å². The Morgan fingerprint density at radius 3 is 2.63 bits per heavy atom. The first-order valence-corrected chi connectivity index (χ1v) is 12.5. The van der Waals surface area contributed by atoms with Crippen molar-refractivity contribution in [2.45, 2.75) is 58.3 Å². The van der Waals surface area contributed by atoms with Crippen LogP contribution < -0.4 is 4.74 Å². The first kappa shape index (κ1) is 27.5. The molecule has 0 bridgehead atoms. The topological polar surface area (TPSA) is 62.2 Å². The Bertz CT molecular complexity index is 961. The van der Waals surface area contributed by atoms with Crippen molar-refractivity contribution in [1.82, 2.24) is 9.80 Å². The fraction of sp³-hybridized carbons (Fsp3) is 0.536. The lowest BCUT2D eigenvalue weighted by molar-refractivity contribution is -0.165. The summed E-state index contributed by atoms with van der Waals surface area (Å²) in [5.41, 5.74) is 2.65. The van der Waals surface area contributed by atoms with Crippen LogP contribution in [0.15, 0.2) is 48.5 Å². The van der Waals surface area contributed by atoms with Gasteiger partial charge < -0.3 is 19.5 Å². The number of aryl methyl sites for hydroxylation is 1. The first-order valence-electron chi connectivity index (χ1n) is 12.5. The molecule has 192 valence electrons. The molecule has 2 aliphatic heterocycles. The maximum atomic E-state index is 13.2. The van der Waals surface area contributed by atoms with Crippen LogP contribution in [-0.4, -0.2) is 65.5 Å². The van der Waals surface area contributed by atoms with E-state index >= 15 is 0 Å². The number of piperidine rings is 1. The van der Waals surface area contributed by atoms with Gasteiger partial charge in [0.1, 0.15) is 12.5 Å². The number of amides is 1. The number of carbonyl (C=O) groups excluding carboxylic acids is 1. The van der Waals surface area contributed by atoms with Crippen molar-refractivity contribution >= 4 is 18.3 Å². The minimum Gasteiger partial charge on any atom is -0.491 e. The number of benzene rings is 2. The molecule has 2 aliphatic rings.